The van der Waals surface area contributed by atoms with Crippen molar-refractivity contribution in [1.82, 2.24) is 4.98 Å². The summed E-state index contributed by atoms with van der Waals surface area (Å²) in [6.07, 6.45) is 2.72. The number of anilines is 2. The van der Waals surface area contributed by atoms with Crippen LogP contribution < -0.4 is 10.2 Å². The molecule has 1 amide bonds. The van der Waals surface area contributed by atoms with Crippen molar-refractivity contribution in [1.29, 1.82) is 5.26 Å². The predicted molar refractivity (Wildman–Crippen MR) is 139 cm³/mol. The molecule has 1 saturated heterocycles. The molecule has 4 aromatic rings. The van der Waals surface area contributed by atoms with E-state index in [0.717, 1.165) is 16.9 Å². The fourth-order valence-electron chi connectivity index (χ4n) is 5.72. The number of nitriles is 1. The highest BCUT2D eigenvalue weighted by atomic mass is 19.1. The number of alkyl halides is 1. The molecule has 6 rings (SSSR count). The standard InChI is InChI=1S/C30H25FN4O2/c1-19-18-37-29(33-19)20-10-11-27(21(16-20)17-32)35-14-12-22(13-15-35)30(31)24-7-3-2-6-23(24)28(36)34-26-9-5-4-8-25(26)30/h2-11,16,18,22H,12-15H2,1H3,(H,34,36). The Bertz CT molecular complexity index is 1550. The first-order valence-corrected chi connectivity index (χ1v) is 12.4. The van der Waals surface area contributed by atoms with Crippen LogP contribution in [0.1, 0.15) is 45.6 Å². The first-order valence-electron chi connectivity index (χ1n) is 12.4. The topological polar surface area (TPSA) is 82.2 Å². The number of hydrogen-bond acceptors (Lipinski definition) is 5. The number of rotatable bonds is 3. The third-order valence-corrected chi connectivity index (χ3v) is 7.51. The Balaban J connectivity index is 1.32. The largest absolute Gasteiger partial charge is 0.444 e. The zero-order chi connectivity index (χ0) is 25.6. The molecule has 0 spiro atoms. The number of aromatic nitrogens is 1. The second-order valence-corrected chi connectivity index (χ2v) is 9.66. The van der Waals surface area contributed by atoms with Gasteiger partial charge in [-0.25, -0.2) is 9.37 Å². The van der Waals surface area contributed by atoms with Crippen molar-refractivity contribution in [3.8, 4) is 17.5 Å². The van der Waals surface area contributed by atoms with Gasteiger partial charge in [-0.05, 0) is 50.1 Å². The second-order valence-electron chi connectivity index (χ2n) is 9.66. The molecule has 0 bridgehead atoms. The van der Waals surface area contributed by atoms with Gasteiger partial charge in [0.25, 0.3) is 5.91 Å². The zero-order valence-corrected chi connectivity index (χ0v) is 20.4. The number of carbonyl (C=O) groups is 1. The van der Waals surface area contributed by atoms with Crippen LogP contribution in [0.15, 0.2) is 77.4 Å². The number of oxazole rings is 1. The number of aryl methyl sites for hydroxylation is 1. The van der Waals surface area contributed by atoms with Gasteiger partial charge >= 0.3 is 0 Å². The van der Waals surface area contributed by atoms with Gasteiger partial charge in [0, 0.05) is 46.9 Å². The number of fused-ring (bicyclic) bond motifs is 2. The predicted octanol–water partition coefficient (Wildman–Crippen LogP) is 6.22. The van der Waals surface area contributed by atoms with Crippen LogP contribution in [0.5, 0.6) is 0 Å². The van der Waals surface area contributed by atoms with Gasteiger partial charge in [0.1, 0.15) is 12.3 Å². The van der Waals surface area contributed by atoms with E-state index in [9.17, 15) is 10.1 Å². The molecule has 0 radical (unpaired) electrons. The molecule has 0 saturated carbocycles. The van der Waals surface area contributed by atoms with Crippen LogP contribution in [0.2, 0.25) is 0 Å². The van der Waals surface area contributed by atoms with Crippen LogP contribution in [0.3, 0.4) is 0 Å². The molecule has 3 aromatic carbocycles. The van der Waals surface area contributed by atoms with E-state index in [1.807, 2.05) is 31.2 Å². The SMILES string of the molecule is Cc1coc(-c2ccc(N3CCC(C4(F)c5ccccc5NC(=O)c5ccccc54)CC3)c(C#N)c2)n1. The molecule has 6 nitrogen and oxygen atoms in total. The summed E-state index contributed by atoms with van der Waals surface area (Å²) in [5.74, 6) is -0.147. The molecule has 1 atom stereocenters. The fraction of sp³-hybridized carbons (Fsp3) is 0.233. The Labute approximate surface area is 214 Å². The van der Waals surface area contributed by atoms with Crippen molar-refractivity contribution < 1.29 is 13.6 Å². The van der Waals surface area contributed by atoms with Crippen LogP contribution in [-0.2, 0) is 5.67 Å². The Morgan fingerprint density at radius 3 is 2.54 bits per heavy atom. The molecule has 3 heterocycles. The molecule has 1 fully saturated rings. The molecule has 1 aromatic heterocycles. The number of nitrogens with one attached hydrogen (secondary N) is 1. The average Bonchev–Trinajstić information content (AvgIpc) is 3.35. The maximum Gasteiger partial charge on any atom is 0.256 e. The van der Waals surface area contributed by atoms with Crippen molar-refractivity contribution in [2.45, 2.75) is 25.4 Å². The van der Waals surface area contributed by atoms with E-state index in [0.29, 0.717) is 59.8 Å². The Morgan fingerprint density at radius 1 is 1.08 bits per heavy atom. The lowest BCUT2D eigenvalue weighted by atomic mass is 9.72. The lowest BCUT2D eigenvalue weighted by Crippen LogP contribution is -2.42. The minimum absolute atomic E-state index is 0.292. The highest BCUT2D eigenvalue weighted by Gasteiger charge is 2.48. The maximum absolute atomic E-state index is 17.5. The molecule has 1 N–H and O–H groups in total. The quantitative estimate of drug-likeness (QED) is 0.367. The monoisotopic (exact) mass is 492 g/mol. The van der Waals surface area contributed by atoms with Crippen molar-refractivity contribution in [3.05, 3.63) is 101 Å². The molecule has 1 unspecified atom stereocenters. The number of carbonyl (C=O) groups excluding carboxylic acids is 1. The summed E-state index contributed by atoms with van der Waals surface area (Å²) < 4.78 is 23.0. The van der Waals surface area contributed by atoms with Crippen LogP contribution in [0.25, 0.3) is 11.5 Å². The lowest BCUT2D eigenvalue weighted by Gasteiger charge is -2.41. The van der Waals surface area contributed by atoms with Crippen LogP contribution in [-0.4, -0.2) is 24.0 Å². The smallest absolute Gasteiger partial charge is 0.256 e. The summed E-state index contributed by atoms with van der Waals surface area (Å²) in [7, 11) is 0. The van der Waals surface area contributed by atoms with Gasteiger partial charge in [-0.1, -0.05) is 36.4 Å². The van der Waals surface area contributed by atoms with Gasteiger partial charge in [0.15, 0.2) is 5.67 Å². The van der Waals surface area contributed by atoms with Crippen LogP contribution >= 0.6 is 0 Å². The number of amides is 1. The van der Waals surface area contributed by atoms with Gasteiger partial charge in [0.05, 0.1) is 16.9 Å². The van der Waals surface area contributed by atoms with Gasteiger partial charge < -0.3 is 14.6 Å². The maximum atomic E-state index is 17.5. The number of halogens is 1. The van der Waals surface area contributed by atoms with Gasteiger partial charge in [-0.3, -0.25) is 4.79 Å². The van der Waals surface area contributed by atoms with Gasteiger partial charge in [-0.2, -0.15) is 5.26 Å². The molecule has 184 valence electrons. The fourth-order valence-corrected chi connectivity index (χ4v) is 5.72. The van der Waals surface area contributed by atoms with Crippen LogP contribution in [0.4, 0.5) is 15.8 Å². The zero-order valence-electron chi connectivity index (χ0n) is 20.4. The second kappa shape index (κ2) is 8.90. The van der Waals surface area contributed by atoms with E-state index in [1.165, 1.54) is 0 Å². The normalized spacial score (nSPS) is 19.4. The number of piperidine rings is 1. The van der Waals surface area contributed by atoms with Crippen molar-refractivity contribution in [2.75, 3.05) is 23.3 Å². The summed E-state index contributed by atoms with van der Waals surface area (Å²) in [6, 6.07) is 22.1. The highest BCUT2D eigenvalue weighted by molar-refractivity contribution is 6.07. The van der Waals surface area contributed by atoms with Gasteiger partial charge in [-0.15, -0.1) is 0 Å². The molecular weight excluding hydrogens is 467 g/mol. The lowest BCUT2D eigenvalue weighted by molar-refractivity contribution is 0.0983. The van der Waals surface area contributed by atoms with E-state index in [2.05, 4.69) is 21.3 Å². The van der Waals surface area contributed by atoms with Crippen LogP contribution in [0, 0.1) is 24.2 Å². The average molecular weight is 493 g/mol. The van der Waals surface area contributed by atoms with Crippen molar-refractivity contribution in [3.63, 3.8) is 0 Å². The van der Waals surface area contributed by atoms with Crippen molar-refractivity contribution in [2.24, 2.45) is 5.92 Å². The summed E-state index contributed by atoms with van der Waals surface area (Å²) in [5.41, 5.74) is 2.84. The molecule has 37 heavy (non-hydrogen) atoms. The minimum atomic E-state index is -1.82. The molecule has 2 aliphatic heterocycles. The Morgan fingerprint density at radius 2 is 1.81 bits per heavy atom. The number of para-hydroxylation sites is 1. The number of nitrogens with zero attached hydrogens (tertiary/aromatic N) is 3. The minimum Gasteiger partial charge on any atom is -0.444 e. The highest BCUT2D eigenvalue weighted by Crippen LogP contribution is 2.50. The third-order valence-electron chi connectivity index (χ3n) is 7.51. The summed E-state index contributed by atoms with van der Waals surface area (Å²) >= 11 is 0. The van der Waals surface area contributed by atoms with Crippen molar-refractivity contribution >= 4 is 17.3 Å². The number of hydrogen-bond donors (Lipinski definition) is 1. The third kappa shape index (κ3) is 3.77. The van der Waals surface area contributed by atoms with Gasteiger partial charge in [0.2, 0.25) is 5.89 Å². The summed E-state index contributed by atoms with van der Waals surface area (Å²) in [5, 5.41) is 12.8. The van der Waals surface area contributed by atoms with E-state index in [4.69, 9.17) is 4.42 Å². The first-order chi connectivity index (χ1) is 18.0. The number of benzene rings is 3. The van der Waals surface area contributed by atoms with E-state index in [1.54, 1.807) is 48.7 Å². The summed E-state index contributed by atoms with van der Waals surface area (Å²) in [4.78, 5) is 19.4. The van der Waals surface area contributed by atoms with E-state index < -0.39 is 5.67 Å². The Hall–Kier alpha value is -4.44. The Kier molecular flexibility index (Phi) is 5.53. The molecular formula is C30H25FN4O2. The molecule has 2 aliphatic rings. The molecule has 7 heteroatoms. The first kappa shape index (κ1) is 23.0. The van der Waals surface area contributed by atoms with E-state index >= 15 is 4.39 Å². The summed E-state index contributed by atoms with van der Waals surface area (Å²) in [6.45, 7) is 3.04. The van der Waals surface area contributed by atoms with E-state index in [-0.39, 0.29) is 11.8 Å². The molecule has 0 aliphatic carbocycles.